The van der Waals surface area contributed by atoms with Crippen molar-refractivity contribution in [2.75, 3.05) is 7.11 Å². The molecule has 3 rings (SSSR count). The summed E-state index contributed by atoms with van der Waals surface area (Å²) < 4.78 is 5.20. The van der Waals surface area contributed by atoms with E-state index in [1.165, 1.54) is 11.1 Å². The lowest BCUT2D eigenvalue weighted by molar-refractivity contribution is 0.373. The van der Waals surface area contributed by atoms with E-state index in [2.05, 4.69) is 12.1 Å². The molecule has 0 aliphatic heterocycles. The van der Waals surface area contributed by atoms with Gasteiger partial charge in [0.25, 0.3) is 0 Å². The summed E-state index contributed by atoms with van der Waals surface area (Å²) in [6.45, 7) is 0. The van der Waals surface area contributed by atoms with E-state index in [1.807, 2.05) is 42.5 Å². The number of methoxy groups -OCH3 is 1. The maximum atomic E-state index is 9.75. The molecule has 3 aromatic carbocycles. The largest absolute Gasteiger partial charge is 0.508 e. The number of phenols is 2. The Kier molecular flexibility index (Phi) is 5.24. The highest BCUT2D eigenvalue weighted by Crippen LogP contribution is 2.32. The van der Waals surface area contributed by atoms with Crippen LogP contribution in [0.15, 0.2) is 72.8 Å². The molecule has 0 bridgehead atoms. The van der Waals surface area contributed by atoms with Gasteiger partial charge in [-0.1, -0.05) is 48.5 Å². The summed E-state index contributed by atoms with van der Waals surface area (Å²) in [5, 5.41) is 19.3. The Balaban J connectivity index is 1.84. The average Bonchev–Trinajstić information content (AvgIpc) is 2.65. The van der Waals surface area contributed by atoms with Gasteiger partial charge in [-0.3, -0.25) is 0 Å². The highest BCUT2D eigenvalue weighted by Gasteiger charge is 2.15. The molecule has 0 heterocycles. The van der Waals surface area contributed by atoms with Gasteiger partial charge in [0, 0.05) is 5.92 Å². The molecule has 0 aliphatic carbocycles. The molecule has 0 amide bonds. The standard InChI is InChI=1S/C22H22O3/c1-25-22-15-16(8-14-21(22)24)7-13-20(17-5-3-2-4-6-17)18-9-11-19(23)12-10-18/h2-6,8-12,14-15,20,23-24H,7,13H2,1H3. The highest BCUT2D eigenvalue weighted by molar-refractivity contribution is 5.42. The van der Waals surface area contributed by atoms with E-state index in [4.69, 9.17) is 4.74 Å². The number of benzene rings is 3. The minimum absolute atomic E-state index is 0.157. The Morgan fingerprint density at radius 3 is 2.20 bits per heavy atom. The molecule has 2 N–H and O–H groups in total. The second-order valence-corrected chi connectivity index (χ2v) is 6.10. The molecule has 25 heavy (non-hydrogen) atoms. The van der Waals surface area contributed by atoms with Crippen molar-refractivity contribution < 1.29 is 14.9 Å². The van der Waals surface area contributed by atoms with Gasteiger partial charge >= 0.3 is 0 Å². The van der Waals surface area contributed by atoms with Crippen molar-refractivity contribution in [2.45, 2.75) is 18.8 Å². The lowest BCUT2D eigenvalue weighted by Crippen LogP contribution is -2.03. The monoisotopic (exact) mass is 334 g/mol. The Labute approximate surface area is 148 Å². The van der Waals surface area contributed by atoms with Crippen LogP contribution in [0.5, 0.6) is 17.2 Å². The summed E-state index contributed by atoms with van der Waals surface area (Å²) in [6.07, 6.45) is 1.78. The van der Waals surface area contributed by atoms with E-state index in [-0.39, 0.29) is 17.4 Å². The van der Waals surface area contributed by atoms with Gasteiger partial charge in [0.05, 0.1) is 7.11 Å². The number of phenolic OH excluding ortho intramolecular Hbond substituents is 2. The van der Waals surface area contributed by atoms with E-state index in [0.29, 0.717) is 5.75 Å². The van der Waals surface area contributed by atoms with E-state index in [1.54, 1.807) is 25.3 Å². The van der Waals surface area contributed by atoms with Gasteiger partial charge in [0.15, 0.2) is 11.5 Å². The van der Waals surface area contributed by atoms with Gasteiger partial charge in [-0.05, 0) is 53.8 Å². The summed E-state index contributed by atoms with van der Waals surface area (Å²) >= 11 is 0. The lowest BCUT2D eigenvalue weighted by atomic mass is 9.86. The molecule has 0 aromatic heterocycles. The van der Waals surface area contributed by atoms with Crippen molar-refractivity contribution in [1.82, 2.24) is 0 Å². The second-order valence-electron chi connectivity index (χ2n) is 6.10. The molecular weight excluding hydrogens is 312 g/mol. The van der Waals surface area contributed by atoms with Crippen LogP contribution in [0.4, 0.5) is 0 Å². The maximum Gasteiger partial charge on any atom is 0.160 e. The smallest absolute Gasteiger partial charge is 0.160 e. The van der Waals surface area contributed by atoms with E-state index < -0.39 is 0 Å². The molecule has 0 saturated heterocycles. The van der Waals surface area contributed by atoms with Gasteiger partial charge in [0.2, 0.25) is 0 Å². The predicted molar refractivity (Wildman–Crippen MR) is 99.4 cm³/mol. The van der Waals surface area contributed by atoms with Gasteiger partial charge in [-0.2, -0.15) is 0 Å². The van der Waals surface area contributed by atoms with E-state index in [0.717, 1.165) is 18.4 Å². The summed E-state index contributed by atoms with van der Waals surface area (Å²) in [5.74, 6) is 1.17. The van der Waals surface area contributed by atoms with Crippen molar-refractivity contribution in [3.63, 3.8) is 0 Å². The van der Waals surface area contributed by atoms with Gasteiger partial charge in [-0.25, -0.2) is 0 Å². The molecule has 128 valence electrons. The minimum Gasteiger partial charge on any atom is -0.508 e. The van der Waals surface area contributed by atoms with Crippen molar-refractivity contribution in [3.8, 4) is 17.2 Å². The van der Waals surface area contributed by atoms with Crippen LogP contribution in [0.25, 0.3) is 0 Å². The van der Waals surface area contributed by atoms with Crippen molar-refractivity contribution in [3.05, 3.63) is 89.5 Å². The summed E-state index contributed by atoms with van der Waals surface area (Å²) in [6, 6.07) is 23.3. The topological polar surface area (TPSA) is 49.7 Å². The Hall–Kier alpha value is -2.94. The molecule has 3 nitrogen and oxygen atoms in total. The number of hydrogen-bond acceptors (Lipinski definition) is 3. The quantitative estimate of drug-likeness (QED) is 0.676. The van der Waals surface area contributed by atoms with Crippen LogP contribution >= 0.6 is 0 Å². The lowest BCUT2D eigenvalue weighted by Gasteiger charge is -2.18. The first-order valence-electron chi connectivity index (χ1n) is 8.37. The molecule has 0 spiro atoms. The van der Waals surface area contributed by atoms with Crippen LogP contribution in [-0.4, -0.2) is 17.3 Å². The van der Waals surface area contributed by atoms with Gasteiger partial charge in [-0.15, -0.1) is 0 Å². The van der Waals surface area contributed by atoms with E-state index >= 15 is 0 Å². The minimum atomic E-state index is 0.157. The molecule has 1 atom stereocenters. The molecule has 3 aromatic rings. The third kappa shape index (κ3) is 4.13. The molecule has 3 heteroatoms. The zero-order valence-electron chi connectivity index (χ0n) is 14.2. The third-order valence-electron chi connectivity index (χ3n) is 4.46. The SMILES string of the molecule is COc1cc(CCC(c2ccccc2)c2ccc(O)cc2)ccc1O. The molecule has 0 fully saturated rings. The summed E-state index contributed by atoms with van der Waals surface area (Å²) in [4.78, 5) is 0. The third-order valence-corrected chi connectivity index (χ3v) is 4.46. The zero-order valence-corrected chi connectivity index (χ0v) is 14.2. The Morgan fingerprint density at radius 2 is 1.52 bits per heavy atom. The first-order valence-corrected chi connectivity index (χ1v) is 8.37. The fraction of sp³-hybridized carbons (Fsp3) is 0.182. The first kappa shape index (κ1) is 16.9. The van der Waals surface area contributed by atoms with Crippen LogP contribution in [0.1, 0.15) is 29.0 Å². The number of aromatic hydroxyl groups is 2. The highest BCUT2D eigenvalue weighted by atomic mass is 16.5. The van der Waals surface area contributed by atoms with Crippen LogP contribution < -0.4 is 4.74 Å². The number of hydrogen-bond donors (Lipinski definition) is 2. The normalized spacial score (nSPS) is 11.9. The predicted octanol–water partition coefficient (Wildman–Crippen LogP) is 4.87. The number of ether oxygens (including phenoxy) is 1. The summed E-state index contributed by atoms with van der Waals surface area (Å²) in [7, 11) is 1.56. The maximum absolute atomic E-state index is 9.75. The van der Waals surface area contributed by atoms with Crippen LogP contribution in [-0.2, 0) is 6.42 Å². The fourth-order valence-electron chi connectivity index (χ4n) is 3.11. The van der Waals surface area contributed by atoms with Crippen molar-refractivity contribution >= 4 is 0 Å². The van der Waals surface area contributed by atoms with E-state index in [9.17, 15) is 10.2 Å². The Morgan fingerprint density at radius 1 is 0.840 bits per heavy atom. The second kappa shape index (κ2) is 7.75. The molecule has 0 aliphatic rings. The van der Waals surface area contributed by atoms with Crippen LogP contribution in [0.2, 0.25) is 0 Å². The molecule has 0 radical (unpaired) electrons. The average molecular weight is 334 g/mol. The number of aryl methyl sites for hydroxylation is 1. The van der Waals surface area contributed by atoms with Crippen LogP contribution in [0.3, 0.4) is 0 Å². The molecule has 0 saturated carbocycles. The molecular formula is C22H22O3. The van der Waals surface area contributed by atoms with Gasteiger partial charge < -0.3 is 14.9 Å². The fourth-order valence-corrected chi connectivity index (χ4v) is 3.11. The Bertz CT molecular complexity index is 810. The van der Waals surface area contributed by atoms with Gasteiger partial charge in [0.1, 0.15) is 5.75 Å². The zero-order chi connectivity index (χ0) is 17.6. The van der Waals surface area contributed by atoms with Crippen LogP contribution in [0, 0.1) is 0 Å². The number of rotatable bonds is 6. The van der Waals surface area contributed by atoms with Crippen molar-refractivity contribution in [2.24, 2.45) is 0 Å². The summed E-state index contributed by atoms with van der Waals surface area (Å²) in [5.41, 5.74) is 3.54. The van der Waals surface area contributed by atoms with Crippen molar-refractivity contribution in [1.29, 1.82) is 0 Å². The molecule has 1 unspecified atom stereocenters. The first-order chi connectivity index (χ1) is 12.2.